The van der Waals surface area contributed by atoms with Gasteiger partial charge in [-0.1, -0.05) is 13.8 Å². The number of halogens is 3. The molecule has 2 atom stereocenters. The highest BCUT2D eigenvalue weighted by Crippen LogP contribution is 2.34. The fourth-order valence-corrected chi connectivity index (χ4v) is 2.95. The summed E-state index contributed by atoms with van der Waals surface area (Å²) in [6, 6.07) is 0.895. The molecule has 2 fully saturated rings. The van der Waals surface area contributed by atoms with Crippen molar-refractivity contribution in [3.8, 4) is 0 Å². The van der Waals surface area contributed by atoms with Crippen molar-refractivity contribution >= 4 is 0 Å². The Morgan fingerprint density at radius 3 is 2.55 bits per heavy atom. The molecule has 0 bridgehead atoms. The second kappa shape index (κ2) is 6.62. The minimum absolute atomic E-state index is 0.153. The van der Waals surface area contributed by atoms with Crippen LogP contribution in [0.3, 0.4) is 0 Å². The summed E-state index contributed by atoms with van der Waals surface area (Å²) in [7, 11) is 0. The standard InChI is InChI=1S/C14H25F3N2O/c1-10(2)13-7-18-12(11-3-4-11)8-19(13)5-6-20-9-14(15,16)17/h10-13,18H,3-9H2,1-2H3. The van der Waals surface area contributed by atoms with Gasteiger partial charge in [0.1, 0.15) is 6.61 Å². The van der Waals surface area contributed by atoms with Crippen LogP contribution in [-0.4, -0.2) is 56.0 Å². The normalized spacial score (nSPS) is 29.1. The number of hydrogen-bond acceptors (Lipinski definition) is 3. The third kappa shape index (κ3) is 4.90. The van der Waals surface area contributed by atoms with Crippen LogP contribution < -0.4 is 5.32 Å². The largest absolute Gasteiger partial charge is 0.411 e. The fourth-order valence-electron chi connectivity index (χ4n) is 2.95. The first-order chi connectivity index (χ1) is 9.37. The van der Waals surface area contributed by atoms with Crippen LogP contribution in [0.15, 0.2) is 0 Å². The van der Waals surface area contributed by atoms with Crippen molar-refractivity contribution < 1.29 is 17.9 Å². The molecule has 0 amide bonds. The number of ether oxygens (including phenoxy) is 1. The Morgan fingerprint density at radius 1 is 1.30 bits per heavy atom. The van der Waals surface area contributed by atoms with Gasteiger partial charge in [0.05, 0.1) is 6.61 Å². The predicted molar refractivity (Wildman–Crippen MR) is 71.6 cm³/mol. The molecule has 1 aliphatic heterocycles. The number of hydrogen-bond donors (Lipinski definition) is 1. The first-order valence-corrected chi connectivity index (χ1v) is 7.49. The molecular formula is C14H25F3N2O. The van der Waals surface area contributed by atoms with E-state index in [-0.39, 0.29) is 6.61 Å². The van der Waals surface area contributed by atoms with Crippen molar-refractivity contribution in [2.45, 2.75) is 44.9 Å². The van der Waals surface area contributed by atoms with Gasteiger partial charge in [0.25, 0.3) is 0 Å². The third-order valence-electron chi connectivity index (χ3n) is 4.24. The number of rotatable bonds is 6. The fraction of sp³-hybridized carbons (Fsp3) is 1.00. The van der Waals surface area contributed by atoms with Crippen molar-refractivity contribution in [2.24, 2.45) is 11.8 Å². The first kappa shape index (κ1) is 16.0. The van der Waals surface area contributed by atoms with Gasteiger partial charge in [0.15, 0.2) is 0 Å². The lowest BCUT2D eigenvalue weighted by molar-refractivity contribution is -0.175. The second-order valence-corrected chi connectivity index (χ2v) is 6.33. The monoisotopic (exact) mass is 294 g/mol. The van der Waals surface area contributed by atoms with Gasteiger partial charge >= 0.3 is 6.18 Å². The second-order valence-electron chi connectivity index (χ2n) is 6.33. The summed E-state index contributed by atoms with van der Waals surface area (Å²) in [5.41, 5.74) is 0. The molecule has 0 aromatic heterocycles. The number of nitrogens with one attached hydrogen (secondary N) is 1. The van der Waals surface area contributed by atoms with Gasteiger partial charge < -0.3 is 10.1 Å². The van der Waals surface area contributed by atoms with Gasteiger partial charge in [0.2, 0.25) is 0 Å². The molecular weight excluding hydrogens is 269 g/mol. The Balaban J connectivity index is 1.77. The summed E-state index contributed by atoms with van der Waals surface area (Å²) in [6.07, 6.45) is -1.66. The Labute approximate surface area is 118 Å². The highest BCUT2D eigenvalue weighted by molar-refractivity contribution is 4.95. The average molecular weight is 294 g/mol. The van der Waals surface area contributed by atoms with Crippen LogP contribution in [0.4, 0.5) is 13.2 Å². The maximum absolute atomic E-state index is 12.1. The SMILES string of the molecule is CC(C)C1CNC(C2CC2)CN1CCOCC(F)(F)F. The molecule has 3 nitrogen and oxygen atoms in total. The Hall–Kier alpha value is -0.330. The molecule has 1 saturated heterocycles. The van der Waals surface area contributed by atoms with Crippen LogP contribution >= 0.6 is 0 Å². The summed E-state index contributed by atoms with van der Waals surface area (Å²) in [4.78, 5) is 2.31. The molecule has 2 aliphatic rings. The quantitative estimate of drug-likeness (QED) is 0.761. The Bertz CT molecular complexity index is 305. The minimum Gasteiger partial charge on any atom is -0.371 e. The van der Waals surface area contributed by atoms with E-state index in [0.29, 0.717) is 24.5 Å². The minimum atomic E-state index is -4.22. The van der Waals surface area contributed by atoms with Crippen LogP contribution in [-0.2, 0) is 4.74 Å². The van der Waals surface area contributed by atoms with Crippen LogP contribution in [0.1, 0.15) is 26.7 Å². The van der Waals surface area contributed by atoms with Crippen molar-refractivity contribution in [3.05, 3.63) is 0 Å². The van der Waals surface area contributed by atoms with E-state index in [2.05, 4.69) is 24.1 Å². The first-order valence-electron chi connectivity index (χ1n) is 7.49. The van der Waals surface area contributed by atoms with Crippen LogP contribution in [0.25, 0.3) is 0 Å². The zero-order valence-electron chi connectivity index (χ0n) is 12.2. The zero-order chi connectivity index (χ0) is 14.8. The van der Waals surface area contributed by atoms with E-state index in [1.165, 1.54) is 12.8 Å². The number of nitrogens with zero attached hydrogens (tertiary/aromatic N) is 1. The van der Waals surface area contributed by atoms with E-state index in [1.807, 2.05) is 0 Å². The smallest absolute Gasteiger partial charge is 0.371 e. The lowest BCUT2D eigenvalue weighted by Crippen LogP contribution is -2.59. The maximum Gasteiger partial charge on any atom is 0.411 e. The molecule has 1 N–H and O–H groups in total. The molecule has 0 radical (unpaired) electrons. The van der Waals surface area contributed by atoms with Gasteiger partial charge in [-0.05, 0) is 24.7 Å². The molecule has 118 valence electrons. The topological polar surface area (TPSA) is 24.5 Å². The molecule has 6 heteroatoms. The lowest BCUT2D eigenvalue weighted by atomic mass is 9.97. The van der Waals surface area contributed by atoms with Crippen LogP contribution in [0.5, 0.6) is 0 Å². The van der Waals surface area contributed by atoms with E-state index in [9.17, 15) is 13.2 Å². The van der Waals surface area contributed by atoms with Crippen molar-refractivity contribution in [2.75, 3.05) is 32.8 Å². The summed E-state index contributed by atoms with van der Waals surface area (Å²) in [5, 5.41) is 3.59. The molecule has 20 heavy (non-hydrogen) atoms. The molecule has 0 aromatic rings. The summed E-state index contributed by atoms with van der Waals surface area (Å²) in [6.45, 7) is 5.78. The molecule has 2 unspecified atom stereocenters. The van der Waals surface area contributed by atoms with Gasteiger partial charge in [-0.25, -0.2) is 0 Å². The molecule has 2 rings (SSSR count). The average Bonchev–Trinajstić information content (AvgIpc) is 3.17. The van der Waals surface area contributed by atoms with E-state index < -0.39 is 12.8 Å². The number of piperazine rings is 1. The Morgan fingerprint density at radius 2 is 2.00 bits per heavy atom. The Kier molecular flexibility index (Phi) is 5.31. The van der Waals surface area contributed by atoms with Crippen molar-refractivity contribution in [3.63, 3.8) is 0 Å². The molecule has 1 saturated carbocycles. The highest BCUT2D eigenvalue weighted by atomic mass is 19.4. The van der Waals surface area contributed by atoms with E-state index in [4.69, 9.17) is 4.74 Å². The van der Waals surface area contributed by atoms with E-state index in [0.717, 1.165) is 19.0 Å². The number of alkyl halides is 3. The summed E-state index contributed by atoms with van der Waals surface area (Å²) < 4.78 is 40.9. The van der Waals surface area contributed by atoms with Gasteiger partial charge in [-0.2, -0.15) is 13.2 Å². The lowest BCUT2D eigenvalue weighted by Gasteiger charge is -2.42. The maximum atomic E-state index is 12.1. The van der Waals surface area contributed by atoms with Gasteiger partial charge in [0, 0.05) is 31.7 Å². The summed E-state index contributed by atoms with van der Waals surface area (Å²) in [5.74, 6) is 1.26. The van der Waals surface area contributed by atoms with Crippen molar-refractivity contribution in [1.29, 1.82) is 0 Å². The molecule has 1 aliphatic carbocycles. The van der Waals surface area contributed by atoms with Gasteiger partial charge in [-0.15, -0.1) is 0 Å². The van der Waals surface area contributed by atoms with Crippen LogP contribution in [0.2, 0.25) is 0 Å². The van der Waals surface area contributed by atoms with E-state index in [1.54, 1.807) is 0 Å². The van der Waals surface area contributed by atoms with E-state index >= 15 is 0 Å². The molecule has 0 spiro atoms. The van der Waals surface area contributed by atoms with Crippen molar-refractivity contribution in [1.82, 2.24) is 10.2 Å². The van der Waals surface area contributed by atoms with Crippen LogP contribution in [0, 0.1) is 11.8 Å². The zero-order valence-corrected chi connectivity index (χ0v) is 12.2. The summed E-state index contributed by atoms with van der Waals surface area (Å²) >= 11 is 0. The molecule has 0 aromatic carbocycles. The highest BCUT2D eigenvalue weighted by Gasteiger charge is 2.37. The third-order valence-corrected chi connectivity index (χ3v) is 4.24. The molecule has 1 heterocycles. The van der Waals surface area contributed by atoms with Gasteiger partial charge in [-0.3, -0.25) is 4.90 Å². The predicted octanol–water partition coefficient (Wildman–Crippen LogP) is 2.27.